The second-order valence-corrected chi connectivity index (χ2v) is 6.08. The van der Waals surface area contributed by atoms with Crippen LogP contribution < -0.4 is 5.73 Å². The first-order chi connectivity index (χ1) is 9.70. The van der Waals surface area contributed by atoms with Gasteiger partial charge in [0.15, 0.2) is 0 Å². The Kier molecular flexibility index (Phi) is 6.30. The molecule has 0 aliphatic heterocycles. The van der Waals surface area contributed by atoms with E-state index in [-0.39, 0.29) is 12.6 Å². The Morgan fingerprint density at radius 1 is 1.30 bits per heavy atom. The molecule has 112 valence electrons. The Labute approximate surface area is 126 Å². The lowest BCUT2D eigenvalue weighted by Gasteiger charge is -2.29. The van der Waals surface area contributed by atoms with Crippen molar-refractivity contribution in [2.45, 2.75) is 44.2 Å². The van der Waals surface area contributed by atoms with Gasteiger partial charge in [0.25, 0.3) is 0 Å². The van der Waals surface area contributed by atoms with Gasteiger partial charge in [0, 0.05) is 30.2 Å². The minimum absolute atomic E-state index is 0.0105. The molecule has 2 rings (SSSR count). The van der Waals surface area contributed by atoms with Crippen molar-refractivity contribution >= 4 is 11.6 Å². The van der Waals surface area contributed by atoms with E-state index in [2.05, 4.69) is 4.90 Å². The number of nitrogens with zero attached hydrogens (tertiary/aromatic N) is 1. The molecule has 1 saturated carbocycles. The minimum Gasteiger partial charge on any atom is -0.395 e. The molecule has 0 saturated heterocycles. The minimum atomic E-state index is 0.0105. The molecule has 3 nitrogen and oxygen atoms in total. The molecule has 1 atom stereocenters. The second kappa shape index (κ2) is 7.99. The van der Waals surface area contributed by atoms with Crippen LogP contribution in [0.2, 0.25) is 5.02 Å². The van der Waals surface area contributed by atoms with Crippen molar-refractivity contribution in [2.24, 2.45) is 5.73 Å². The largest absolute Gasteiger partial charge is 0.395 e. The van der Waals surface area contributed by atoms with E-state index >= 15 is 0 Å². The van der Waals surface area contributed by atoms with E-state index < -0.39 is 0 Å². The third-order valence-corrected chi connectivity index (χ3v) is 4.47. The summed E-state index contributed by atoms with van der Waals surface area (Å²) in [6.07, 6.45) is 6.04. The molecule has 1 aromatic rings. The van der Waals surface area contributed by atoms with Gasteiger partial charge in [-0.1, -0.05) is 36.6 Å². The maximum Gasteiger partial charge on any atom is 0.0558 e. The van der Waals surface area contributed by atoms with Crippen molar-refractivity contribution in [2.75, 3.05) is 19.7 Å². The van der Waals surface area contributed by atoms with Gasteiger partial charge in [0.2, 0.25) is 0 Å². The third kappa shape index (κ3) is 4.45. The van der Waals surface area contributed by atoms with Gasteiger partial charge in [0.1, 0.15) is 0 Å². The monoisotopic (exact) mass is 296 g/mol. The molecule has 0 bridgehead atoms. The number of aliphatic hydroxyl groups excluding tert-OH is 1. The van der Waals surface area contributed by atoms with E-state index in [0.717, 1.165) is 30.1 Å². The first-order valence-corrected chi connectivity index (χ1v) is 7.94. The maximum atomic E-state index is 9.23. The smallest absolute Gasteiger partial charge is 0.0558 e. The molecule has 20 heavy (non-hydrogen) atoms. The normalized spacial score (nSPS) is 17.8. The van der Waals surface area contributed by atoms with Crippen LogP contribution in [0.25, 0.3) is 0 Å². The Hall–Kier alpha value is -0.610. The Bertz CT molecular complexity index is 407. The van der Waals surface area contributed by atoms with Crippen molar-refractivity contribution in [1.82, 2.24) is 4.90 Å². The second-order valence-electron chi connectivity index (χ2n) is 5.65. The number of hydrogen-bond donors (Lipinski definition) is 2. The highest BCUT2D eigenvalue weighted by Gasteiger charge is 2.22. The number of aliphatic hydroxyl groups is 1. The topological polar surface area (TPSA) is 49.5 Å². The summed E-state index contributed by atoms with van der Waals surface area (Å²) in [7, 11) is 0. The van der Waals surface area contributed by atoms with E-state index in [1.807, 2.05) is 24.3 Å². The summed E-state index contributed by atoms with van der Waals surface area (Å²) >= 11 is 6.01. The molecular weight excluding hydrogens is 272 g/mol. The lowest BCUT2D eigenvalue weighted by Crippen LogP contribution is -2.37. The number of hydrogen-bond acceptors (Lipinski definition) is 3. The molecule has 1 aliphatic carbocycles. The van der Waals surface area contributed by atoms with Crippen molar-refractivity contribution < 1.29 is 5.11 Å². The molecule has 3 N–H and O–H groups in total. The number of nitrogens with two attached hydrogens (primary N) is 1. The van der Waals surface area contributed by atoms with Gasteiger partial charge in [-0.3, -0.25) is 4.90 Å². The van der Waals surface area contributed by atoms with Crippen LogP contribution in [0.15, 0.2) is 24.3 Å². The quantitative estimate of drug-likeness (QED) is 0.813. The average Bonchev–Trinajstić information content (AvgIpc) is 2.97. The summed E-state index contributed by atoms with van der Waals surface area (Å²) in [4.78, 5) is 2.40. The molecule has 0 spiro atoms. The average molecular weight is 297 g/mol. The third-order valence-electron chi connectivity index (χ3n) is 4.23. The molecule has 4 heteroatoms. The molecule has 0 heterocycles. The fourth-order valence-electron chi connectivity index (χ4n) is 3.08. The SMILES string of the molecule is NC(CCN(CCO)C1CCCC1)c1cccc(Cl)c1. The van der Waals surface area contributed by atoms with Crippen LogP contribution >= 0.6 is 11.6 Å². The molecule has 1 aromatic carbocycles. The lowest BCUT2D eigenvalue weighted by molar-refractivity contribution is 0.147. The standard InChI is InChI=1S/C16H25ClN2O/c17-14-5-3-4-13(12-14)16(18)8-9-19(10-11-20)15-6-1-2-7-15/h3-5,12,15-16,20H,1-2,6-11,18H2. The van der Waals surface area contributed by atoms with Gasteiger partial charge < -0.3 is 10.8 Å². The van der Waals surface area contributed by atoms with Crippen LogP contribution in [0.5, 0.6) is 0 Å². The highest BCUT2D eigenvalue weighted by atomic mass is 35.5. The zero-order valence-electron chi connectivity index (χ0n) is 12.0. The summed E-state index contributed by atoms with van der Waals surface area (Å²) in [6, 6.07) is 8.43. The summed E-state index contributed by atoms with van der Waals surface area (Å²) in [5, 5.41) is 9.96. The fourth-order valence-corrected chi connectivity index (χ4v) is 3.28. The van der Waals surface area contributed by atoms with Crippen LogP contribution in [0, 0.1) is 0 Å². The van der Waals surface area contributed by atoms with Crippen molar-refractivity contribution in [3.05, 3.63) is 34.9 Å². The zero-order valence-corrected chi connectivity index (χ0v) is 12.7. The Balaban J connectivity index is 1.87. The van der Waals surface area contributed by atoms with Gasteiger partial charge in [-0.05, 0) is 37.0 Å². The zero-order chi connectivity index (χ0) is 14.4. The highest BCUT2D eigenvalue weighted by Crippen LogP contribution is 2.25. The van der Waals surface area contributed by atoms with E-state index in [1.54, 1.807) is 0 Å². The predicted octanol–water partition coefficient (Wildman–Crippen LogP) is 2.97. The number of halogens is 1. The van der Waals surface area contributed by atoms with Crippen LogP contribution in [-0.2, 0) is 0 Å². The molecule has 0 amide bonds. The van der Waals surface area contributed by atoms with E-state index in [4.69, 9.17) is 17.3 Å². The molecular formula is C16H25ClN2O. The van der Waals surface area contributed by atoms with Crippen LogP contribution in [0.1, 0.15) is 43.7 Å². The lowest BCUT2D eigenvalue weighted by atomic mass is 10.0. The predicted molar refractivity (Wildman–Crippen MR) is 83.9 cm³/mol. The van der Waals surface area contributed by atoms with Gasteiger partial charge in [-0.15, -0.1) is 0 Å². The summed E-state index contributed by atoms with van der Waals surface area (Å²) < 4.78 is 0. The fraction of sp³-hybridized carbons (Fsp3) is 0.625. The first kappa shape index (κ1) is 15.8. The maximum absolute atomic E-state index is 9.23. The molecule has 1 unspecified atom stereocenters. The van der Waals surface area contributed by atoms with Crippen LogP contribution in [-0.4, -0.2) is 35.7 Å². The molecule has 0 radical (unpaired) electrons. The van der Waals surface area contributed by atoms with Gasteiger partial charge >= 0.3 is 0 Å². The van der Waals surface area contributed by atoms with Gasteiger partial charge in [0.05, 0.1) is 6.61 Å². The van der Waals surface area contributed by atoms with E-state index in [0.29, 0.717) is 6.04 Å². The summed E-state index contributed by atoms with van der Waals surface area (Å²) in [5.74, 6) is 0. The summed E-state index contributed by atoms with van der Waals surface area (Å²) in [6.45, 7) is 1.93. The number of rotatable bonds is 7. The molecule has 0 aromatic heterocycles. The highest BCUT2D eigenvalue weighted by molar-refractivity contribution is 6.30. The first-order valence-electron chi connectivity index (χ1n) is 7.56. The Morgan fingerprint density at radius 2 is 2.05 bits per heavy atom. The van der Waals surface area contributed by atoms with Crippen molar-refractivity contribution in [1.29, 1.82) is 0 Å². The van der Waals surface area contributed by atoms with E-state index in [9.17, 15) is 5.11 Å². The van der Waals surface area contributed by atoms with Crippen molar-refractivity contribution in [3.63, 3.8) is 0 Å². The Morgan fingerprint density at radius 3 is 2.70 bits per heavy atom. The summed E-state index contributed by atoms with van der Waals surface area (Å²) in [5.41, 5.74) is 7.35. The van der Waals surface area contributed by atoms with E-state index in [1.165, 1.54) is 25.7 Å². The van der Waals surface area contributed by atoms with Gasteiger partial charge in [-0.2, -0.15) is 0 Å². The number of benzene rings is 1. The van der Waals surface area contributed by atoms with Crippen LogP contribution in [0.3, 0.4) is 0 Å². The van der Waals surface area contributed by atoms with Gasteiger partial charge in [-0.25, -0.2) is 0 Å². The molecule has 1 fully saturated rings. The van der Waals surface area contributed by atoms with Crippen molar-refractivity contribution in [3.8, 4) is 0 Å². The molecule has 1 aliphatic rings. The van der Waals surface area contributed by atoms with Crippen LogP contribution in [0.4, 0.5) is 0 Å².